The zero-order chi connectivity index (χ0) is 16.7. The Morgan fingerprint density at radius 3 is 2.43 bits per heavy atom. The number of nitrogens with zero attached hydrogens (tertiary/aromatic N) is 1. The van der Waals surface area contributed by atoms with E-state index in [9.17, 15) is 13.2 Å². The molecular formula is C16H22N2O4S. The van der Waals surface area contributed by atoms with Gasteiger partial charge in [-0.15, -0.1) is 0 Å². The number of rotatable bonds is 4. The number of amides is 2. The first-order valence-corrected chi connectivity index (χ1v) is 9.57. The molecule has 2 fully saturated rings. The Hall–Kier alpha value is -1.76. The maximum atomic E-state index is 12.5. The third kappa shape index (κ3) is 3.29. The normalized spacial score (nSPS) is 24.0. The molecule has 3 rings (SSSR count). The SMILES string of the molecule is COc1ccc(C2(NC(=O)N(C)C3CCS(=O)(=O)C3)CC2)cc1. The quantitative estimate of drug-likeness (QED) is 0.903. The van der Waals surface area contributed by atoms with Crippen LogP contribution < -0.4 is 10.1 Å². The van der Waals surface area contributed by atoms with Crippen molar-refractivity contribution >= 4 is 15.9 Å². The summed E-state index contributed by atoms with van der Waals surface area (Å²) < 4.78 is 28.3. The van der Waals surface area contributed by atoms with Crippen molar-refractivity contribution in [1.82, 2.24) is 10.2 Å². The van der Waals surface area contributed by atoms with Crippen LogP contribution in [0.1, 0.15) is 24.8 Å². The van der Waals surface area contributed by atoms with Crippen LogP contribution in [0.25, 0.3) is 0 Å². The molecule has 0 radical (unpaired) electrons. The number of benzene rings is 1. The summed E-state index contributed by atoms with van der Waals surface area (Å²) in [5.74, 6) is 1.01. The van der Waals surface area contributed by atoms with Crippen LogP contribution in [0.3, 0.4) is 0 Å². The summed E-state index contributed by atoms with van der Waals surface area (Å²) in [6, 6.07) is 7.26. The van der Waals surface area contributed by atoms with Gasteiger partial charge in [0.15, 0.2) is 9.84 Å². The number of sulfone groups is 1. The first kappa shape index (κ1) is 16.1. The molecule has 1 N–H and O–H groups in total. The highest BCUT2D eigenvalue weighted by atomic mass is 32.2. The second-order valence-electron chi connectivity index (χ2n) is 6.41. The maximum Gasteiger partial charge on any atom is 0.318 e. The summed E-state index contributed by atoms with van der Waals surface area (Å²) in [6.45, 7) is 0. The zero-order valence-electron chi connectivity index (χ0n) is 13.4. The van der Waals surface area contributed by atoms with Crippen molar-refractivity contribution in [2.24, 2.45) is 0 Å². The predicted octanol–water partition coefficient (Wildman–Crippen LogP) is 1.51. The van der Waals surface area contributed by atoms with Gasteiger partial charge in [0.25, 0.3) is 0 Å². The van der Waals surface area contributed by atoms with Gasteiger partial charge in [0.05, 0.1) is 24.2 Å². The number of urea groups is 1. The lowest BCUT2D eigenvalue weighted by atomic mass is 10.0. The van der Waals surface area contributed by atoms with Gasteiger partial charge in [0.2, 0.25) is 0 Å². The Morgan fingerprint density at radius 2 is 1.96 bits per heavy atom. The number of methoxy groups -OCH3 is 1. The molecule has 1 saturated carbocycles. The van der Waals surface area contributed by atoms with E-state index < -0.39 is 9.84 Å². The fourth-order valence-electron chi connectivity index (χ4n) is 3.06. The third-order valence-electron chi connectivity index (χ3n) is 4.82. The van der Waals surface area contributed by atoms with Crippen molar-refractivity contribution in [2.45, 2.75) is 30.8 Å². The molecule has 23 heavy (non-hydrogen) atoms. The Kier molecular flexibility index (Phi) is 4.00. The second-order valence-corrected chi connectivity index (χ2v) is 8.64. The molecule has 1 aliphatic heterocycles. The van der Waals surface area contributed by atoms with Gasteiger partial charge in [-0.05, 0) is 37.0 Å². The number of hydrogen-bond donors (Lipinski definition) is 1. The Balaban J connectivity index is 1.67. The van der Waals surface area contributed by atoms with E-state index >= 15 is 0 Å². The standard InChI is InChI=1S/C16H22N2O4S/c1-18(13-7-10-23(20,21)11-13)15(19)17-16(8-9-16)12-3-5-14(22-2)6-4-12/h3-6,13H,7-11H2,1-2H3,(H,17,19). The smallest absolute Gasteiger partial charge is 0.318 e. The summed E-state index contributed by atoms with van der Waals surface area (Å²) in [6.07, 6.45) is 2.30. The molecule has 6 nitrogen and oxygen atoms in total. The summed E-state index contributed by atoms with van der Waals surface area (Å²) in [5.41, 5.74) is 0.730. The monoisotopic (exact) mass is 338 g/mol. The van der Waals surface area contributed by atoms with E-state index in [1.54, 1.807) is 14.2 Å². The van der Waals surface area contributed by atoms with Crippen molar-refractivity contribution in [2.75, 3.05) is 25.7 Å². The predicted molar refractivity (Wildman–Crippen MR) is 87.3 cm³/mol. The molecule has 7 heteroatoms. The molecule has 2 aliphatic rings. The van der Waals surface area contributed by atoms with Crippen LogP contribution in [0.15, 0.2) is 24.3 Å². The minimum absolute atomic E-state index is 0.0620. The van der Waals surface area contributed by atoms with Crippen LogP contribution in [-0.2, 0) is 15.4 Å². The maximum absolute atomic E-state index is 12.5. The molecule has 1 saturated heterocycles. The average Bonchev–Trinajstić information content (AvgIpc) is 3.22. The van der Waals surface area contributed by atoms with Gasteiger partial charge in [0.1, 0.15) is 5.75 Å². The first-order valence-electron chi connectivity index (χ1n) is 7.75. The molecule has 1 unspecified atom stereocenters. The second kappa shape index (κ2) is 5.70. The molecule has 1 heterocycles. The Morgan fingerprint density at radius 1 is 1.30 bits per heavy atom. The van der Waals surface area contributed by atoms with Crippen molar-refractivity contribution in [3.63, 3.8) is 0 Å². The van der Waals surface area contributed by atoms with Crippen LogP contribution in [0, 0.1) is 0 Å². The van der Waals surface area contributed by atoms with E-state index in [2.05, 4.69) is 5.32 Å². The minimum atomic E-state index is -3.00. The van der Waals surface area contributed by atoms with Crippen LogP contribution in [0.5, 0.6) is 5.75 Å². The number of hydrogen-bond acceptors (Lipinski definition) is 4. The van der Waals surface area contributed by atoms with Gasteiger partial charge in [-0.1, -0.05) is 12.1 Å². The summed E-state index contributed by atoms with van der Waals surface area (Å²) in [5, 5.41) is 3.08. The topological polar surface area (TPSA) is 75.7 Å². The largest absolute Gasteiger partial charge is 0.497 e. The van der Waals surface area contributed by atoms with Crippen LogP contribution >= 0.6 is 0 Å². The summed E-state index contributed by atoms with van der Waals surface area (Å²) in [4.78, 5) is 14.0. The summed E-state index contributed by atoms with van der Waals surface area (Å²) in [7, 11) is 0.293. The molecule has 0 spiro atoms. The van der Waals surface area contributed by atoms with E-state index in [1.807, 2.05) is 24.3 Å². The van der Waals surface area contributed by atoms with Crippen molar-refractivity contribution in [3.8, 4) is 5.75 Å². The summed E-state index contributed by atoms with van der Waals surface area (Å²) >= 11 is 0. The molecule has 1 aromatic rings. The first-order chi connectivity index (χ1) is 10.9. The van der Waals surface area contributed by atoms with Gasteiger partial charge in [-0.2, -0.15) is 0 Å². The lowest BCUT2D eigenvalue weighted by Crippen LogP contribution is -2.47. The van der Waals surface area contributed by atoms with Crippen LogP contribution in [0.4, 0.5) is 4.79 Å². The fraction of sp³-hybridized carbons (Fsp3) is 0.562. The highest BCUT2D eigenvalue weighted by Crippen LogP contribution is 2.46. The number of ether oxygens (including phenoxy) is 1. The van der Waals surface area contributed by atoms with E-state index in [0.717, 1.165) is 24.2 Å². The molecule has 1 aromatic carbocycles. The van der Waals surface area contributed by atoms with E-state index in [4.69, 9.17) is 4.74 Å². The minimum Gasteiger partial charge on any atom is -0.497 e. The highest BCUT2D eigenvalue weighted by molar-refractivity contribution is 7.91. The Bertz CT molecular complexity index is 695. The van der Waals surface area contributed by atoms with E-state index in [0.29, 0.717) is 6.42 Å². The van der Waals surface area contributed by atoms with Crippen LogP contribution in [-0.4, -0.2) is 51.1 Å². The fourth-order valence-corrected chi connectivity index (χ4v) is 4.83. The number of carbonyl (C=O) groups excluding carboxylic acids is 1. The lowest BCUT2D eigenvalue weighted by molar-refractivity contribution is 0.189. The number of carbonyl (C=O) groups is 1. The van der Waals surface area contributed by atoms with E-state index in [-0.39, 0.29) is 29.1 Å². The molecule has 2 amide bonds. The van der Waals surface area contributed by atoms with Gasteiger partial charge in [-0.3, -0.25) is 0 Å². The molecule has 1 atom stereocenters. The third-order valence-corrected chi connectivity index (χ3v) is 6.57. The highest BCUT2D eigenvalue weighted by Gasteiger charge is 2.47. The molecule has 0 bridgehead atoms. The van der Waals surface area contributed by atoms with Crippen molar-refractivity contribution in [3.05, 3.63) is 29.8 Å². The van der Waals surface area contributed by atoms with Crippen LogP contribution in [0.2, 0.25) is 0 Å². The van der Waals surface area contributed by atoms with Crippen molar-refractivity contribution in [1.29, 1.82) is 0 Å². The molecule has 126 valence electrons. The van der Waals surface area contributed by atoms with Gasteiger partial charge >= 0.3 is 6.03 Å². The van der Waals surface area contributed by atoms with E-state index in [1.165, 1.54) is 4.90 Å². The van der Waals surface area contributed by atoms with Gasteiger partial charge in [0, 0.05) is 13.1 Å². The molecule has 1 aliphatic carbocycles. The van der Waals surface area contributed by atoms with Crippen molar-refractivity contribution < 1.29 is 17.9 Å². The average molecular weight is 338 g/mol. The molecule has 0 aromatic heterocycles. The zero-order valence-corrected chi connectivity index (χ0v) is 14.2. The Labute approximate surface area is 136 Å². The lowest BCUT2D eigenvalue weighted by Gasteiger charge is -2.27. The van der Waals surface area contributed by atoms with Gasteiger partial charge < -0.3 is 15.0 Å². The number of nitrogens with one attached hydrogen (secondary N) is 1. The van der Waals surface area contributed by atoms with Gasteiger partial charge in [-0.25, -0.2) is 13.2 Å². The molecular weight excluding hydrogens is 316 g/mol.